The zero-order chi connectivity index (χ0) is 18.2. The lowest BCUT2D eigenvalue weighted by Gasteiger charge is -2.11. The maximum atomic E-state index is 5.99. The van der Waals surface area contributed by atoms with Crippen LogP contribution in [0.1, 0.15) is 11.1 Å². The quantitative estimate of drug-likeness (QED) is 0.451. The summed E-state index contributed by atoms with van der Waals surface area (Å²) in [7, 11) is 1.64. The molecule has 132 valence electrons. The fourth-order valence-corrected chi connectivity index (χ4v) is 2.58. The highest BCUT2D eigenvalue weighted by Crippen LogP contribution is 2.23. The molecular formula is C21H19ClN2O2. The van der Waals surface area contributed by atoms with Gasteiger partial charge in [0.25, 0.3) is 0 Å². The molecule has 26 heavy (non-hydrogen) atoms. The Hall–Kier alpha value is -2.98. The summed E-state index contributed by atoms with van der Waals surface area (Å²) in [6, 6.07) is 22.9. The third kappa shape index (κ3) is 5.01. The van der Waals surface area contributed by atoms with E-state index < -0.39 is 0 Å². The standard InChI is InChI=1S/C21H19ClN2O2/c1-25-21-11-10-16(14-23-24-19-7-3-2-4-8-19)12-17(21)15-26-20-9-5-6-18(22)13-20/h2-14,24H,15H2,1H3. The molecule has 0 unspecified atom stereocenters. The van der Waals surface area contributed by atoms with E-state index in [-0.39, 0.29) is 0 Å². The van der Waals surface area contributed by atoms with Crippen LogP contribution in [0.25, 0.3) is 0 Å². The minimum absolute atomic E-state index is 0.372. The lowest BCUT2D eigenvalue weighted by molar-refractivity contribution is 0.296. The molecule has 3 rings (SSSR count). The summed E-state index contributed by atoms with van der Waals surface area (Å²) in [4.78, 5) is 0. The van der Waals surface area contributed by atoms with Crippen molar-refractivity contribution in [2.24, 2.45) is 5.10 Å². The van der Waals surface area contributed by atoms with E-state index in [0.29, 0.717) is 17.4 Å². The second-order valence-corrected chi connectivity index (χ2v) is 5.99. The lowest BCUT2D eigenvalue weighted by atomic mass is 10.1. The van der Waals surface area contributed by atoms with Crippen molar-refractivity contribution in [1.82, 2.24) is 0 Å². The summed E-state index contributed by atoms with van der Waals surface area (Å²) in [5, 5.41) is 4.91. The van der Waals surface area contributed by atoms with E-state index in [9.17, 15) is 0 Å². The summed E-state index contributed by atoms with van der Waals surface area (Å²) in [5.74, 6) is 1.48. The predicted octanol–water partition coefficient (Wildman–Crippen LogP) is 5.37. The average molecular weight is 367 g/mol. The number of ether oxygens (including phenoxy) is 2. The SMILES string of the molecule is COc1ccc(C=NNc2ccccc2)cc1COc1cccc(Cl)c1. The largest absolute Gasteiger partial charge is 0.496 e. The van der Waals surface area contributed by atoms with Crippen LogP contribution in [0.2, 0.25) is 5.02 Å². The van der Waals surface area contributed by atoms with Gasteiger partial charge in [-0.3, -0.25) is 5.43 Å². The van der Waals surface area contributed by atoms with Gasteiger partial charge >= 0.3 is 0 Å². The highest BCUT2D eigenvalue weighted by Gasteiger charge is 2.05. The van der Waals surface area contributed by atoms with Gasteiger partial charge in [-0.25, -0.2) is 0 Å². The topological polar surface area (TPSA) is 42.8 Å². The molecule has 1 N–H and O–H groups in total. The minimum atomic E-state index is 0.372. The van der Waals surface area contributed by atoms with E-state index >= 15 is 0 Å². The number of rotatable bonds is 7. The molecule has 0 aliphatic rings. The van der Waals surface area contributed by atoms with Gasteiger partial charge in [0.05, 0.1) is 19.0 Å². The van der Waals surface area contributed by atoms with Gasteiger partial charge in [0.1, 0.15) is 18.1 Å². The molecule has 3 aromatic carbocycles. The minimum Gasteiger partial charge on any atom is -0.496 e. The number of methoxy groups -OCH3 is 1. The molecule has 0 atom stereocenters. The fraction of sp³-hybridized carbons (Fsp3) is 0.0952. The second-order valence-electron chi connectivity index (χ2n) is 5.55. The predicted molar refractivity (Wildman–Crippen MR) is 106 cm³/mol. The molecular weight excluding hydrogens is 348 g/mol. The van der Waals surface area contributed by atoms with Gasteiger partial charge in [0.15, 0.2) is 0 Å². The monoisotopic (exact) mass is 366 g/mol. The van der Waals surface area contributed by atoms with Gasteiger partial charge in [-0.15, -0.1) is 0 Å². The number of halogens is 1. The van der Waals surface area contributed by atoms with Crippen LogP contribution in [0.4, 0.5) is 5.69 Å². The highest BCUT2D eigenvalue weighted by molar-refractivity contribution is 6.30. The smallest absolute Gasteiger partial charge is 0.125 e. The van der Waals surface area contributed by atoms with Crippen LogP contribution in [0, 0.1) is 0 Å². The van der Waals surface area contributed by atoms with E-state index in [1.165, 1.54) is 0 Å². The van der Waals surface area contributed by atoms with E-state index in [1.807, 2.05) is 66.7 Å². The first kappa shape index (κ1) is 17.8. The number of anilines is 1. The Morgan fingerprint density at radius 2 is 1.85 bits per heavy atom. The van der Waals surface area contributed by atoms with Gasteiger partial charge in [-0.2, -0.15) is 5.10 Å². The molecule has 4 nitrogen and oxygen atoms in total. The summed E-state index contributed by atoms with van der Waals surface area (Å²) in [5.41, 5.74) is 5.80. The number of hydrogen-bond acceptors (Lipinski definition) is 4. The van der Waals surface area contributed by atoms with Crippen molar-refractivity contribution in [3.8, 4) is 11.5 Å². The summed E-state index contributed by atoms with van der Waals surface area (Å²) in [6.07, 6.45) is 1.76. The molecule has 0 spiro atoms. The fourth-order valence-electron chi connectivity index (χ4n) is 2.40. The molecule has 0 amide bonds. The normalized spacial score (nSPS) is 10.7. The van der Waals surface area contributed by atoms with Crippen molar-refractivity contribution in [3.63, 3.8) is 0 Å². The number of nitrogens with zero attached hydrogens (tertiary/aromatic N) is 1. The molecule has 0 bridgehead atoms. The third-order valence-electron chi connectivity index (χ3n) is 3.68. The molecule has 5 heteroatoms. The molecule has 0 aliphatic heterocycles. The first-order valence-electron chi connectivity index (χ1n) is 8.14. The summed E-state index contributed by atoms with van der Waals surface area (Å²) >= 11 is 5.99. The Kier molecular flexibility index (Phi) is 6.12. The second kappa shape index (κ2) is 8.92. The first-order chi connectivity index (χ1) is 12.7. The van der Waals surface area contributed by atoms with Crippen molar-refractivity contribution in [3.05, 3.63) is 88.9 Å². The molecule has 0 fully saturated rings. The molecule has 0 saturated carbocycles. The molecule has 0 aromatic heterocycles. The summed E-state index contributed by atoms with van der Waals surface area (Å²) < 4.78 is 11.2. The average Bonchev–Trinajstić information content (AvgIpc) is 2.67. The van der Waals surface area contributed by atoms with E-state index in [2.05, 4.69) is 10.5 Å². The Morgan fingerprint density at radius 3 is 2.62 bits per heavy atom. The lowest BCUT2D eigenvalue weighted by Crippen LogP contribution is -2.00. The van der Waals surface area contributed by atoms with Gasteiger partial charge < -0.3 is 9.47 Å². The number of para-hydroxylation sites is 1. The van der Waals surface area contributed by atoms with Crippen molar-refractivity contribution < 1.29 is 9.47 Å². The van der Waals surface area contributed by atoms with Crippen LogP contribution < -0.4 is 14.9 Å². The van der Waals surface area contributed by atoms with Crippen LogP contribution in [0.5, 0.6) is 11.5 Å². The van der Waals surface area contributed by atoms with Crippen LogP contribution in [-0.2, 0) is 6.61 Å². The van der Waals surface area contributed by atoms with Crippen LogP contribution in [0.15, 0.2) is 77.9 Å². The Morgan fingerprint density at radius 1 is 1.00 bits per heavy atom. The van der Waals surface area contributed by atoms with Gasteiger partial charge in [0.2, 0.25) is 0 Å². The maximum Gasteiger partial charge on any atom is 0.125 e. The zero-order valence-corrected chi connectivity index (χ0v) is 15.1. The van der Waals surface area contributed by atoms with Crippen molar-refractivity contribution >= 4 is 23.5 Å². The van der Waals surface area contributed by atoms with Gasteiger partial charge in [-0.1, -0.05) is 35.9 Å². The molecule has 0 aliphatic carbocycles. The van der Waals surface area contributed by atoms with Crippen LogP contribution >= 0.6 is 11.6 Å². The first-order valence-corrected chi connectivity index (χ1v) is 8.52. The Labute approximate surface area is 158 Å². The van der Waals surface area contributed by atoms with Gasteiger partial charge in [0, 0.05) is 10.6 Å². The van der Waals surface area contributed by atoms with Crippen molar-refractivity contribution in [2.75, 3.05) is 12.5 Å². The molecule has 0 heterocycles. The van der Waals surface area contributed by atoms with E-state index in [1.54, 1.807) is 19.4 Å². The molecule has 0 radical (unpaired) electrons. The third-order valence-corrected chi connectivity index (χ3v) is 3.91. The molecule has 0 saturated heterocycles. The Bertz CT molecular complexity index is 882. The number of benzene rings is 3. The van der Waals surface area contributed by atoms with Crippen LogP contribution in [0.3, 0.4) is 0 Å². The number of hydrogen-bond donors (Lipinski definition) is 1. The van der Waals surface area contributed by atoms with Crippen molar-refractivity contribution in [1.29, 1.82) is 0 Å². The number of hydrazone groups is 1. The van der Waals surface area contributed by atoms with E-state index in [0.717, 1.165) is 22.6 Å². The van der Waals surface area contributed by atoms with Crippen LogP contribution in [-0.4, -0.2) is 13.3 Å². The zero-order valence-electron chi connectivity index (χ0n) is 14.4. The van der Waals surface area contributed by atoms with E-state index in [4.69, 9.17) is 21.1 Å². The Balaban J connectivity index is 1.69. The summed E-state index contributed by atoms with van der Waals surface area (Å²) in [6.45, 7) is 0.372. The molecule has 3 aromatic rings. The highest BCUT2D eigenvalue weighted by atomic mass is 35.5. The van der Waals surface area contributed by atoms with Gasteiger partial charge in [-0.05, 0) is 54.1 Å². The maximum absolute atomic E-state index is 5.99. The number of nitrogens with one attached hydrogen (secondary N) is 1. The van der Waals surface area contributed by atoms with Crippen molar-refractivity contribution in [2.45, 2.75) is 6.61 Å².